The van der Waals surface area contributed by atoms with Crippen LogP contribution in [0.15, 0.2) is 60.7 Å². The normalized spacial score (nSPS) is 36.2. The molecule has 0 aliphatic carbocycles. The molecule has 0 saturated carbocycles. The van der Waals surface area contributed by atoms with Gasteiger partial charge < -0.3 is 28.4 Å². The summed E-state index contributed by atoms with van der Waals surface area (Å²) in [6.07, 6.45) is 6.14. The third-order valence-corrected chi connectivity index (χ3v) is 8.04. The summed E-state index contributed by atoms with van der Waals surface area (Å²) in [5.74, 6) is 0. The maximum absolute atomic E-state index is 6.72. The molecule has 0 bridgehead atoms. The molecule has 0 radical (unpaired) electrons. The van der Waals surface area contributed by atoms with E-state index in [-0.39, 0.29) is 48.8 Å². The summed E-state index contributed by atoms with van der Waals surface area (Å²) in [4.78, 5) is 0. The second-order valence-electron chi connectivity index (χ2n) is 10.6. The zero-order chi connectivity index (χ0) is 24.2. The molecule has 2 aromatic carbocycles. The summed E-state index contributed by atoms with van der Waals surface area (Å²) < 4.78 is 38.5. The number of fused-ring (bicyclic) bond motifs is 3. The highest BCUT2D eigenvalue weighted by Gasteiger charge is 2.47. The van der Waals surface area contributed by atoms with Crippen LogP contribution < -0.4 is 0 Å². The van der Waals surface area contributed by atoms with Gasteiger partial charge in [0.25, 0.3) is 0 Å². The van der Waals surface area contributed by atoms with E-state index in [1.54, 1.807) is 0 Å². The van der Waals surface area contributed by atoms with Crippen LogP contribution in [0, 0.1) is 0 Å². The van der Waals surface area contributed by atoms with Crippen molar-refractivity contribution in [3.05, 3.63) is 71.8 Å². The summed E-state index contributed by atoms with van der Waals surface area (Å²) in [6.45, 7) is 2.45. The zero-order valence-corrected chi connectivity index (χ0v) is 20.9. The summed E-state index contributed by atoms with van der Waals surface area (Å²) in [5.41, 5.74) is 2.32. The topological polar surface area (TPSA) is 55.4 Å². The molecular formula is C30H38O6. The van der Waals surface area contributed by atoms with E-state index in [0.29, 0.717) is 19.8 Å². The van der Waals surface area contributed by atoms with Crippen molar-refractivity contribution in [1.29, 1.82) is 0 Å². The maximum Gasteiger partial charge on any atom is 0.108 e. The Morgan fingerprint density at radius 2 is 1.28 bits per heavy atom. The standard InChI is InChI=1S/C30H38O6/c1-3-8-21(9-4-1)18-31-20-30-27(33-19-22-10-5-2-6-11-22)17-29-25(35-30)14-13-24-28(36-29)16-26-23(34-24)12-7-15-32-26/h1-6,8-11,23-30H,7,12-20H2/t23-,24+,25-,26+,27-,28-,29+,30+/m0/s1. The van der Waals surface area contributed by atoms with E-state index in [0.717, 1.165) is 56.3 Å². The molecule has 2 aromatic rings. The number of rotatable bonds is 7. The van der Waals surface area contributed by atoms with Crippen molar-refractivity contribution in [2.75, 3.05) is 13.2 Å². The molecule has 4 aliphatic heterocycles. The Labute approximate surface area is 214 Å². The van der Waals surface area contributed by atoms with Crippen molar-refractivity contribution >= 4 is 0 Å². The first-order valence-corrected chi connectivity index (χ1v) is 13.7. The molecule has 4 fully saturated rings. The Hall–Kier alpha value is -1.80. The fraction of sp³-hybridized carbons (Fsp3) is 0.600. The molecule has 0 amide bonds. The van der Waals surface area contributed by atoms with Crippen LogP contribution in [-0.2, 0) is 41.6 Å². The van der Waals surface area contributed by atoms with Gasteiger partial charge in [-0.25, -0.2) is 0 Å². The van der Waals surface area contributed by atoms with Crippen molar-refractivity contribution in [3.8, 4) is 0 Å². The van der Waals surface area contributed by atoms with E-state index >= 15 is 0 Å². The van der Waals surface area contributed by atoms with Crippen molar-refractivity contribution < 1.29 is 28.4 Å². The van der Waals surface area contributed by atoms with E-state index in [1.165, 1.54) is 0 Å². The number of hydrogen-bond acceptors (Lipinski definition) is 6. The highest BCUT2D eigenvalue weighted by molar-refractivity contribution is 5.14. The molecule has 0 aromatic heterocycles. The SMILES string of the molecule is c1ccc(COC[C@H]2O[C@H]3CC[C@H]4O[C@H]5CCCO[C@@H]5C[C@@H]4O[C@@H]3C[C@@H]2OCc2ccccc2)cc1. The molecule has 6 nitrogen and oxygen atoms in total. The van der Waals surface area contributed by atoms with Gasteiger partial charge in [-0.15, -0.1) is 0 Å². The lowest BCUT2D eigenvalue weighted by Crippen LogP contribution is -2.53. The second kappa shape index (κ2) is 11.7. The molecule has 0 N–H and O–H groups in total. The average molecular weight is 495 g/mol. The summed E-state index contributed by atoms with van der Waals surface area (Å²) >= 11 is 0. The van der Waals surface area contributed by atoms with Crippen LogP contribution in [0.3, 0.4) is 0 Å². The molecule has 0 spiro atoms. The molecule has 0 unspecified atom stereocenters. The fourth-order valence-corrected chi connectivity index (χ4v) is 6.13. The molecule has 4 heterocycles. The van der Waals surface area contributed by atoms with Crippen LogP contribution in [0.25, 0.3) is 0 Å². The third kappa shape index (κ3) is 5.85. The van der Waals surface area contributed by atoms with Crippen LogP contribution in [0.1, 0.15) is 49.7 Å². The number of benzene rings is 2. The summed E-state index contributed by atoms with van der Waals surface area (Å²) in [7, 11) is 0. The van der Waals surface area contributed by atoms with E-state index in [1.807, 2.05) is 36.4 Å². The molecule has 6 rings (SSSR count). The predicted molar refractivity (Wildman–Crippen MR) is 135 cm³/mol. The molecule has 194 valence electrons. The first kappa shape index (κ1) is 24.5. The fourth-order valence-electron chi connectivity index (χ4n) is 6.13. The Morgan fingerprint density at radius 1 is 0.639 bits per heavy atom. The first-order valence-electron chi connectivity index (χ1n) is 13.7. The van der Waals surface area contributed by atoms with E-state index < -0.39 is 0 Å². The quantitative estimate of drug-likeness (QED) is 0.550. The van der Waals surface area contributed by atoms with Gasteiger partial charge in [0.05, 0.1) is 62.5 Å². The summed E-state index contributed by atoms with van der Waals surface area (Å²) in [5, 5.41) is 0. The minimum absolute atomic E-state index is 0.00473. The van der Waals surface area contributed by atoms with Crippen molar-refractivity contribution in [1.82, 2.24) is 0 Å². The van der Waals surface area contributed by atoms with Gasteiger partial charge in [0.1, 0.15) is 6.10 Å². The van der Waals surface area contributed by atoms with Crippen LogP contribution in [-0.4, -0.2) is 62.0 Å². The monoisotopic (exact) mass is 494 g/mol. The van der Waals surface area contributed by atoms with Crippen molar-refractivity contribution in [2.24, 2.45) is 0 Å². The minimum Gasteiger partial charge on any atom is -0.375 e. The van der Waals surface area contributed by atoms with Crippen LogP contribution >= 0.6 is 0 Å². The summed E-state index contributed by atoms with van der Waals surface area (Å²) in [6, 6.07) is 20.6. The van der Waals surface area contributed by atoms with Gasteiger partial charge in [-0.05, 0) is 36.8 Å². The van der Waals surface area contributed by atoms with Crippen molar-refractivity contribution in [2.45, 2.75) is 101 Å². The first-order chi connectivity index (χ1) is 17.8. The van der Waals surface area contributed by atoms with Gasteiger partial charge in [-0.1, -0.05) is 60.7 Å². The Morgan fingerprint density at radius 3 is 2.06 bits per heavy atom. The lowest BCUT2D eigenvalue weighted by Gasteiger charge is -2.44. The Kier molecular flexibility index (Phi) is 7.99. The minimum atomic E-state index is -0.130. The molecular weight excluding hydrogens is 456 g/mol. The Bertz CT molecular complexity index is 939. The molecule has 6 heteroatoms. The van der Waals surface area contributed by atoms with E-state index in [9.17, 15) is 0 Å². The van der Waals surface area contributed by atoms with E-state index in [4.69, 9.17) is 28.4 Å². The Balaban J connectivity index is 1.12. The highest BCUT2D eigenvalue weighted by atomic mass is 16.6. The largest absolute Gasteiger partial charge is 0.375 e. The number of ether oxygens (including phenoxy) is 6. The lowest BCUT2D eigenvalue weighted by atomic mass is 9.91. The van der Waals surface area contributed by atoms with Gasteiger partial charge in [0, 0.05) is 19.4 Å². The van der Waals surface area contributed by atoms with Crippen LogP contribution in [0.5, 0.6) is 0 Å². The molecule has 36 heavy (non-hydrogen) atoms. The van der Waals surface area contributed by atoms with Gasteiger partial charge in [0.2, 0.25) is 0 Å². The van der Waals surface area contributed by atoms with Gasteiger partial charge >= 0.3 is 0 Å². The smallest absolute Gasteiger partial charge is 0.108 e. The third-order valence-electron chi connectivity index (χ3n) is 8.04. The molecule has 4 saturated heterocycles. The van der Waals surface area contributed by atoms with Gasteiger partial charge in [-0.2, -0.15) is 0 Å². The number of hydrogen-bond donors (Lipinski definition) is 0. The predicted octanol–water partition coefficient (Wildman–Crippen LogP) is 4.83. The average Bonchev–Trinajstić information content (AvgIpc) is 3.10. The molecule has 4 aliphatic rings. The zero-order valence-electron chi connectivity index (χ0n) is 20.9. The molecule has 8 atom stereocenters. The maximum atomic E-state index is 6.72. The van der Waals surface area contributed by atoms with Gasteiger partial charge in [-0.3, -0.25) is 0 Å². The highest BCUT2D eigenvalue weighted by Crippen LogP contribution is 2.39. The van der Waals surface area contributed by atoms with Gasteiger partial charge in [0.15, 0.2) is 0 Å². The van der Waals surface area contributed by atoms with Crippen LogP contribution in [0.4, 0.5) is 0 Å². The van der Waals surface area contributed by atoms with Crippen LogP contribution in [0.2, 0.25) is 0 Å². The second-order valence-corrected chi connectivity index (χ2v) is 10.6. The van der Waals surface area contributed by atoms with E-state index in [2.05, 4.69) is 24.3 Å². The van der Waals surface area contributed by atoms with Crippen molar-refractivity contribution in [3.63, 3.8) is 0 Å². The lowest BCUT2D eigenvalue weighted by molar-refractivity contribution is -0.244.